The second-order valence-electron chi connectivity index (χ2n) is 7.93. The van der Waals surface area contributed by atoms with Gasteiger partial charge in [0.25, 0.3) is 0 Å². The van der Waals surface area contributed by atoms with Crippen molar-refractivity contribution < 1.29 is 20.1 Å². The fraction of sp³-hybridized carbons (Fsp3) is 0.450. The third-order valence-corrected chi connectivity index (χ3v) is 6.36. The maximum atomic E-state index is 10.6. The van der Waals surface area contributed by atoms with Gasteiger partial charge in [0.2, 0.25) is 0 Å². The normalized spacial score (nSPS) is 30.4. The number of aliphatic hydroxyl groups is 3. The molecule has 2 fully saturated rings. The standard InChI is InChI=1S/C20H23N5O4/c21-17-13-18(24-19(23-17)29-7-6-11-4-2-1-3-5-11)25(10-22-13)14-12-8-20(12,9-26)16(28)15(14)27/h1-5,10,12,14-16,26-28H,6-9H2,(H2,21,23,24)/t12-,14-,15?,16-,20+/m1/s1. The minimum absolute atomic E-state index is 0.0476. The lowest BCUT2D eigenvalue weighted by Crippen LogP contribution is -2.35. The molecule has 2 aliphatic carbocycles. The van der Waals surface area contributed by atoms with Crippen LogP contribution in [-0.4, -0.2) is 60.3 Å². The van der Waals surface area contributed by atoms with Gasteiger partial charge in [-0.15, -0.1) is 0 Å². The van der Waals surface area contributed by atoms with Crippen LogP contribution in [0, 0.1) is 11.3 Å². The molecule has 2 saturated carbocycles. The summed E-state index contributed by atoms with van der Waals surface area (Å²) in [5, 5.41) is 30.7. The lowest BCUT2D eigenvalue weighted by atomic mass is 10.0. The molecule has 1 unspecified atom stereocenters. The van der Waals surface area contributed by atoms with Crippen molar-refractivity contribution in [3.63, 3.8) is 0 Å². The van der Waals surface area contributed by atoms with Crippen LogP contribution >= 0.6 is 0 Å². The number of hydrogen-bond acceptors (Lipinski definition) is 8. The van der Waals surface area contributed by atoms with E-state index in [1.165, 1.54) is 0 Å². The molecule has 152 valence electrons. The highest BCUT2D eigenvalue weighted by Gasteiger charge is 2.71. The number of rotatable bonds is 6. The maximum absolute atomic E-state index is 10.6. The molecule has 0 radical (unpaired) electrons. The summed E-state index contributed by atoms with van der Waals surface area (Å²) >= 11 is 0. The largest absolute Gasteiger partial charge is 0.463 e. The van der Waals surface area contributed by atoms with Crippen LogP contribution in [0.5, 0.6) is 6.01 Å². The Morgan fingerprint density at radius 1 is 1.21 bits per heavy atom. The summed E-state index contributed by atoms with van der Waals surface area (Å²) in [5.74, 6) is 0.147. The minimum Gasteiger partial charge on any atom is -0.463 e. The number of aromatic nitrogens is 4. The van der Waals surface area contributed by atoms with Crippen molar-refractivity contribution in [3.8, 4) is 6.01 Å². The Kier molecular flexibility index (Phi) is 4.19. The summed E-state index contributed by atoms with van der Waals surface area (Å²) in [6.07, 6.45) is 0.900. The van der Waals surface area contributed by atoms with Gasteiger partial charge in [0.1, 0.15) is 6.10 Å². The summed E-state index contributed by atoms with van der Waals surface area (Å²) < 4.78 is 7.44. The number of fused-ring (bicyclic) bond motifs is 2. The van der Waals surface area contributed by atoms with Gasteiger partial charge in [-0.05, 0) is 17.9 Å². The first-order chi connectivity index (χ1) is 14.0. The van der Waals surface area contributed by atoms with Gasteiger partial charge in [0, 0.05) is 11.8 Å². The highest BCUT2D eigenvalue weighted by atomic mass is 16.5. The van der Waals surface area contributed by atoms with E-state index in [4.69, 9.17) is 10.5 Å². The van der Waals surface area contributed by atoms with Crippen molar-refractivity contribution in [2.75, 3.05) is 18.9 Å². The van der Waals surface area contributed by atoms with Gasteiger partial charge in [0.15, 0.2) is 17.0 Å². The number of imidazole rings is 1. The lowest BCUT2D eigenvalue weighted by molar-refractivity contribution is -0.0300. The van der Waals surface area contributed by atoms with Gasteiger partial charge >= 0.3 is 6.01 Å². The topological polar surface area (TPSA) is 140 Å². The monoisotopic (exact) mass is 397 g/mol. The molecule has 2 aliphatic rings. The predicted molar refractivity (Wildman–Crippen MR) is 104 cm³/mol. The average Bonchev–Trinajstić information content (AvgIpc) is 3.24. The Morgan fingerprint density at radius 2 is 2.00 bits per heavy atom. The molecule has 9 heteroatoms. The molecule has 1 aromatic carbocycles. The number of hydrogen-bond donors (Lipinski definition) is 4. The predicted octanol–water partition coefficient (Wildman–Crippen LogP) is 0.305. The summed E-state index contributed by atoms with van der Waals surface area (Å²) in [6, 6.07) is 9.65. The molecule has 0 saturated heterocycles. The molecule has 5 N–H and O–H groups in total. The second kappa shape index (κ2) is 6.65. The van der Waals surface area contributed by atoms with Crippen molar-refractivity contribution in [3.05, 3.63) is 42.2 Å². The second-order valence-corrected chi connectivity index (χ2v) is 7.93. The fourth-order valence-electron chi connectivity index (χ4n) is 4.66. The number of aliphatic hydroxyl groups excluding tert-OH is 3. The molecule has 9 nitrogen and oxygen atoms in total. The average molecular weight is 397 g/mol. The quantitative estimate of drug-likeness (QED) is 0.466. The van der Waals surface area contributed by atoms with E-state index >= 15 is 0 Å². The van der Waals surface area contributed by atoms with Crippen LogP contribution in [0.4, 0.5) is 5.82 Å². The minimum atomic E-state index is -1.02. The molecular formula is C20H23N5O4. The third kappa shape index (κ3) is 2.77. The van der Waals surface area contributed by atoms with Gasteiger partial charge in [-0.25, -0.2) is 4.98 Å². The number of anilines is 1. The zero-order chi connectivity index (χ0) is 20.2. The van der Waals surface area contributed by atoms with Gasteiger partial charge in [-0.1, -0.05) is 30.3 Å². The van der Waals surface area contributed by atoms with Crippen LogP contribution in [-0.2, 0) is 6.42 Å². The van der Waals surface area contributed by atoms with Crippen molar-refractivity contribution >= 4 is 17.0 Å². The van der Waals surface area contributed by atoms with Crippen molar-refractivity contribution in [1.29, 1.82) is 0 Å². The van der Waals surface area contributed by atoms with E-state index in [9.17, 15) is 15.3 Å². The Balaban J connectivity index is 1.41. The zero-order valence-corrected chi connectivity index (χ0v) is 15.7. The molecule has 3 aromatic rings. The van der Waals surface area contributed by atoms with E-state index in [0.717, 1.165) is 5.56 Å². The molecule has 0 amide bonds. The molecule has 2 aromatic heterocycles. The van der Waals surface area contributed by atoms with E-state index < -0.39 is 23.7 Å². The molecule has 29 heavy (non-hydrogen) atoms. The van der Waals surface area contributed by atoms with E-state index in [-0.39, 0.29) is 24.4 Å². The summed E-state index contributed by atoms with van der Waals surface area (Å²) in [7, 11) is 0. The highest BCUT2D eigenvalue weighted by Crippen LogP contribution is 2.67. The van der Waals surface area contributed by atoms with E-state index in [2.05, 4.69) is 15.0 Å². The smallest absolute Gasteiger partial charge is 0.320 e. The van der Waals surface area contributed by atoms with Gasteiger partial charge in [0.05, 0.1) is 31.7 Å². The Morgan fingerprint density at radius 3 is 2.72 bits per heavy atom. The van der Waals surface area contributed by atoms with Gasteiger partial charge in [-0.3, -0.25) is 0 Å². The molecule has 0 aliphatic heterocycles. The first-order valence-corrected chi connectivity index (χ1v) is 9.69. The molecule has 5 rings (SSSR count). The number of nitrogen functional groups attached to an aromatic ring is 1. The van der Waals surface area contributed by atoms with Crippen LogP contribution in [0.15, 0.2) is 36.7 Å². The summed E-state index contributed by atoms with van der Waals surface area (Å²) in [5.41, 5.74) is 7.42. The SMILES string of the molecule is Nc1nc(OCCc2ccccc2)nc2c1ncn2[C@H]1C(O)[C@@H](O)[C@]2(CO)C[C@H]12. The fourth-order valence-corrected chi connectivity index (χ4v) is 4.66. The number of ether oxygens (including phenoxy) is 1. The van der Waals surface area contributed by atoms with Crippen molar-refractivity contribution in [1.82, 2.24) is 19.5 Å². The van der Waals surface area contributed by atoms with E-state index in [1.807, 2.05) is 30.3 Å². The summed E-state index contributed by atoms with van der Waals surface area (Å²) in [4.78, 5) is 12.9. The molecule has 2 heterocycles. The molecule has 5 atom stereocenters. The number of nitrogens with zero attached hydrogens (tertiary/aromatic N) is 4. The first-order valence-electron chi connectivity index (χ1n) is 9.69. The Hall–Kier alpha value is -2.75. The van der Waals surface area contributed by atoms with Crippen LogP contribution < -0.4 is 10.5 Å². The van der Waals surface area contributed by atoms with Crippen LogP contribution in [0.1, 0.15) is 18.0 Å². The molecule has 0 bridgehead atoms. The number of benzene rings is 1. The number of nitrogens with two attached hydrogens (primary N) is 1. The van der Waals surface area contributed by atoms with E-state index in [1.54, 1.807) is 10.9 Å². The van der Waals surface area contributed by atoms with Crippen LogP contribution in [0.3, 0.4) is 0 Å². The van der Waals surface area contributed by atoms with Crippen LogP contribution in [0.2, 0.25) is 0 Å². The zero-order valence-electron chi connectivity index (χ0n) is 15.7. The van der Waals surface area contributed by atoms with Crippen molar-refractivity contribution in [2.24, 2.45) is 11.3 Å². The van der Waals surface area contributed by atoms with Crippen molar-refractivity contribution in [2.45, 2.75) is 31.1 Å². The highest BCUT2D eigenvalue weighted by molar-refractivity contribution is 5.82. The van der Waals surface area contributed by atoms with Gasteiger partial charge < -0.3 is 30.4 Å². The van der Waals surface area contributed by atoms with Gasteiger partial charge in [-0.2, -0.15) is 9.97 Å². The third-order valence-electron chi connectivity index (χ3n) is 6.36. The van der Waals surface area contributed by atoms with E-state index in [0.29, 0.717) is 30.6 Å². The summed E-state index contributed by atoms with van der Waals surface area (Å²) in [6.45, 7) is 0.230. The molecule has 0 spiro atoms. The maximum Gasteiger partial charge on any atom is 0.320 e. The Labute approximate surface area is 166 Å². The Bertz CT molecular complexity index is 1040. The molecular weight excluding hydrogens is 374 g/mol. The van der Waals surface area contributed by atoms with Crippen LogP contribution in [0.25, 0.3) is 11.2 Å². The lowest BCUT2D eigenvalue weighted by Gasteiger charge is -2.23. The first kappa shape index (κ1) is 18.3.